The summed E-state index contributed by atoms with van der Waals surface area (Å²) in [4.78, 5) is 18.1. The molecule has 0 bridgehead atoms. The van der Waals surface area contributed by atoms with Gasteiger partial charge < -0.3 is 19.2 Å². The molecule has 0 N–H and O–H groups in total. The zero-order valence-electron chi connectivity index (χ0n) is 21.2. The van der Waals surface area contributed by atoms with Gasteiger partial charge in [0.25, 0.3) is 0 Å². The van der Waals surface area contributed by atoms with Crippen LogP contribution in [0.15, 0.2) is 64.3 Å². The number of benzene rings is 1. The summed E-state index contributed by atoms with van der Waals surface area (Å²) < 4.78 is 8.40. The average molecular weight is 490 g/mol. The highest BCUT2D eigenvalue weighted by Crippen LogP contribution is 2.41. The third kappa shape index (κ3) is 5.69. The third-order valence-electron chi connectivity index (χ3n) is 6.89. The predicted octanol–water partition coefficient (Wildman–Crippen LogP) is 5.55. The smallest absolute Gasteiger partial charge is 0.327 e. The highest BCUT2D eigenvalue weighted by atomic mass is 16.4. The van der Waals surface area contributed by atoms with Crippen LogP contribution in [0.1, 0.15) is 66.4 Å². The minimum absolute atomic E-state index is 0. The van der Waals surface area contributed by atoms with Gasteiger partial charge in [-0.3, -0.25) is 0 Å². The number of allylic oxidation sites excluding steroid dienone is 1. The standard InChI is InChI=1S/C29H35N3O3.CH4/c1-5-31(6-2)17-15-26-29(3,4)23-18-22(25-19-21-12-9-10-13-24(21)35-25)20-32(28(23)30-26)16-11-7-8-14-27(33)34;/h9-10,12-13,15,17-20H,5-8,11,14,16H2,1-4H3;1H4. The topological polar surface area (TPSA) is 72.8 Å². The lowest BCUT2D eigenvalue weighted by Crippen LogP contribution is -2.35. The lowest BCUT2D eigenvalue weighted by molar-refractivity contribution is -0.684. The molecule has 2 aromatic heterocycles. The number of aliphatic imine (C=N–C) groups is 1. The molecule has 192 valence electrons. The summed E-state index contributed by atoms with van der Waals surface area (Å²) in [6.07, 6.45) is 8.82. The summed E-state index contributed by atoms with van der Waals surface area (Å²) in [7, 11) is 0. The number of aliphatic carboxylic acids is 1. The Morgan fingerprint density at radius 3 is 2.58 bits per heavy atom. The molecule has 0 aliphatic carbocycles. The molecule has 6 heteroatoms. The number of carbonyl (C=O) groups is 1. The molecule has 1 aromatic carbocycles. The number of carboxylic acid groups (broad SMARTS) is 1. The van der Waals surface area contributed by atoms with Crippen molar-refractivity contribution in [2.24, 2.45) is 4.99 Å². The summed E-state index contributed by atoms with van der Waals surface area (Å²) >= 11 is 0. The predicted molar refractivity (Wildman–Crippen MR) is 144 cm³/mol. The van der Waals surface area contributed by atoms with Crippen LogP contribution in [-0.2, 0) is 16.8 Å². The molecule has 0 amide bonds. The summed E-state index contributed by atoms with van der Waals surface area (Å²) in [6, 6.07) is 12.3. The number of fused-ring (bicyclic) bond motifs is 2. The summed E-state index contributed by atoms with van der Waals surface area (Å²) in [5, 5.41) is 11.8. The number of carbonyl (C=O) groups excluding carboxylic acids is 1. The molecule has 0 spiro atoms. The molecular weight excluding hydrogens is 450 g/mol. The molecular formula is C30H39N3O3. The van der Waals surface area contributed by atoms with E-state index in [0.717, 1.165) is 66.3 Å². The van der Waals surface area contributed by atoms with E-state index in [4.69, 9.17) is 9.41 Å². The summed E-state index contributed by atoms with van der Waals surface area (Å²) in [5.41, 5.74) is 3.84. The van der Waals surface area contributed by atoms with Crippen molar-refractivity contribution in [1.82, 2.24) is 4.90 Å². The zero-order chi connectivity index (χ0) is 25.0. The van der Waals surface area contributed by atoms with Gasteiger partial charge in [-0.05, 0) is 76.6 Å². The van der Waals surface area contributed by atoms with Gasteiger partial charge in [-0.2, -0.15) is 0 Å². The van der Waals surface area contributed by atoms with Gasteiger partial charge in [0.05, 0.1) is 23.1 Å². The van der Waals surface area contributed by atoms with Crippen LogP contribution in [0, 0.1) is 0 Å². The van der Waals surface area contributed by atoms with Crippen molar-refractivity contribution in [2.75, 3.05) is 13.1 Å². The Morgan fingerprint density at radius 2 is 1.89 bits per heavy atom. The summed E-state index contributed by atoms with van der Waals surface area (Å²) in [5.74, 6) is 0.818. The monoisotopic (exact) mass is 489 g/mol. The second-order valence-electron chi connectivity index (χ2n) is 9.65. The molecule has 0 unspecified atom stereocenters. The van der Waals surface area contributed by atoms with Crippen LogP contribution in [0.25, 0.3) is 22.3 Å². The lowest BCUT2D eigenvalue weighted by atomic mass is 9.81. The Hall–Kier alpha value is -3.41. The molecule has 3 heterocycles. The van der Waals surface area contributed by atoms with Gasteiger partial charge in [0, 0.05) is 36.7 Å². The number of aromatic nitrogens is 1. The molecule has 36 heavy (non-hydrogen) atoms. The minimum atomic E-state index is -0.985. The Bertz CT molecular complexity index is 1230. The van der Waals surface area contributed by atoms with Gasteiger partial charge in [0.2, 0.25) is 0 Å². The van der Waals surface area contributed by atoms with Crippen LogP contribution in [-0.4, -0.2) is 29.7 Å². The van der Waals surface area contributed by atoms with Crippen molar-refractivity contribution in [2.45, 2.75) is 72.8 Å². The van der Waals surface area contributed by atoms with E-state index in [1.54, 1.807) is 0 Å². The van der Waals surface area contributed by atoms with E-state index in [9.17, 15) is 9.90 Å². The van der Waals surface area contributed by atoms with Crippen molar-refractivity contribution in [3.8, 4) is 11.3 Å². The van der Waals surface area contributed by atoms with Crippen molar-refractivity contribution in [3.63, 3.8) is 0 Å². The minimum Gasteiger partial charge on any atom is -0.550 e. The Kier molecular flexibility index (Phi) is 8.72. The maximum Gasteiger partial charge on any atom is 0.327 e. The normalized spacial score (nSPS) is 14.1. The van der Waals surface area contributed by atoms with Crippen LogP contribution in [0.4, 0.5) is 5.82 Å². The van der Waals surface area contributed by atoms with Crippen molar-refractivity contribution >= 4 is 28.5 Å². The Morgan fingerprint density at radius 1 is 1.14 bits per heavy atom. The van der Waals surface area contributed by atoms with E-state index >= 15 is 0 Å². The number of furan rings is 1. The number of rotatable bonds is 11. The first-order chi connectivity index (χ1) is 16.8. The molecule has 6 nitrogen and oxygen atoms in total. The second-order valence-corrected chi connectivity index (χ2v) is 9.65. The van der Waals surface area contributed by atoms with Crippen molar-refractivity contribution < 1.29 is 18.9 Å². The van der Waals surface area contributed by atoms with E-state index in [2.05, 4.69) is 73.8 Å². The maximum atomic E-state index is 10.8. The van der Waals surface area contributed by atoms with Crippen LogP contribution in [0.3, 0.4) is 0 Å². The average Bonchev–Trinajstić information content (AvgIpc) is 3.38. The fourth-order valence-corrected chi connectivity index (χ4v) is 4.63. The van der Waals surface area contributed by atoms with Crippen molar-refractivity contribution in [3.05, 3.63) is 60.4 Å². The van der Waals surface area contributed by atoms with Crippen LogP contribution >= 0.6 is 0 Å². The first-order valence-corrected chi connectivity index (χ1v) is 12.6. The summed E-state index contributed by atoms with van der Waals surface area (Å²) in [6.45, 7) is 11.4. The number of carboxylic acids is 1. The lowest BCUT2D eigenvalue weighted by Gasteiger charge is -2.19. The molecule has 1 aliphatic heterocycles. The van der Waals surface area contributed by atoms with E-state index in [1.165, 1.54) is 5.56 Å². The van der Waals surface area contributed by atoms with Crippen LogP contribution < -0.4 is 9.67 Å². The van der Waals surface area contributed by atoms with E-state index in [1.807, 2.05) is 18.2 Å². The van der Waals surface area contributed by atoms with Gasteiger partial charge in [-0.1, -0.05) is 25.6 Å². The van der Waals surface area contributed by atoms with Crippen LogP contribution in [0.5, 0.6) is 0 Å². The zero-order valence-corrected chi connectivity index (χ0v) is 21.2. The number of nitrogens with zero attached hydrogens (tertiary/aromatic N) is 3. The van der Waals surface area contributed by atoms with Gasteiger partial charge in [0.1, 0.15) is 17.5 Å². The highest BCUT2D eigenvalue weighted by Gasteiger charge is 2.42. The Labute approximate surface area is 215 Å². The molecule has 3 aromatic rings. The largest absolute Gasteiger partial charge is 0.550 e. The first-order valence-electron chi connectivity index (χ1n) is 12.6. The fourth-order valence-electron chi connectivity index (χ4n) is 4.63. The molecule has 1 aliphatic rings. The van der Waals surface area contributed by atoms with Gasteiger partial charge >= 0.3 is 5.82 Å². The molecule has 0 radical (unpaired) electrons. The van der Waals surface area contributed by atoms with Gasteiger partial charge in [-0.25, -0.2) is 4.57 Å². The maximum absolute atomic E-state index is 10.8. The first kappa shape index (κ1) is 27.2. The molecule has 0 saturated heterocycles. The number of hydrogen-bond acceptors (Lipinski definition) is 5. The van der Waals surface area contributed by atoms with E-state index in [0.29, 0.717) is 6.42 Å². The Balaban J connectivity index is 0.00000361. The fraction of sp³-hybridized carbons (Fsp3) is 0.433. The van der Waals surface area contributed by atoms with Crippen LogP contribution in [0.2, 0.25) is 0 Å². The molecule has 0 atom stereocenters. The molecule has 0 saturated carbocycles. The molecule has 4 rings (SSSR count). The van der Waals surface area contributed by atoms with Gasteiger partial charge in [0.15, 0.2) is 5.71 Å². The number of unbranched alkanes of at least 4 members (excludes halogenated alkanes) is 2. The van der Waals surface area contributed by atoms with Crippen molar-refractivity contribution in [1.29, 1.82) is 0 Å². The quantitative estimate of drug-likeness (QED) is 0.261. The number of pyridine rings is 1. The third-order valence-corrected chi connectivity index (χ3v) is 6.89. The number of hydrogen-bond donors (Lipinski definition) is 0. The van der Waals surface area contributed by atoms with E-state index < -0.39 is 5.97 Å². The SMILES string of the molecule is C.CCN(C=CC1=Nc2c(cc(-c3cc4ccccc4o3)c[n+]2CCCCCC(=O)[O-])C1(C)C)CC. The number of aryl methyl sites for hydroxylation is 1. The second kappa shape index (κ2) is 11.5. The van der Waals surface area contributed by atoms with Gasteiger partial charge in [-0.15, -0.1) is 0 Å². The van der Waals surface area contributed by atoms with E-state index in [-0.39, 0.29) is 19.3 Å². The highest BCUT2D eigenvalue weighted by molar-refractivity contribution is 6.07. The number of para-hydroxylation sites is 1. The molecule has 0 fully saturated rings.